The van der Waals surface area contributed by atoms with Gasteiger partial charge >= 0.3 is 6.09 Å². The van der Waals surface area contributed by atoms with Crippen LogP contribution in [0, 0.1) is 0 Å². The molecular formula is C21H33N3O4S2. The molecule has 0 N–H and O–H groups in total. The Morgan fingerprint density at radius 1 is 1.13 bits per heavy atom. The summed E-state index contributed by atoms with van der Waals surface area (Å²) in [6, 6.07) is 0.652. The number of thiazole rings is 1. The van der Waals surface area contributed by atoms with Crippen LogP contribution in [0.15, 0.2) is 5.38 Å². The Hall–Kier alpha value is -1.19. The van der Waals surface area contributed by atoms with Crippen molar-refractivity contribution < 1.29 is 17.9 Å². The molecule has 0 radical (unpaired) electrons. The lowest BCUT2D eigenvalue weighted by Gasteiger charge is -2.33. The third-order valence-electron chi connectivity index (χ3n) is 6.47. The zero-order valence-corrected chi connectivity index (χ0v) is 19.4. The van der Waals surface area contributed by atoms with Gasteiger partial charge < -0.3 is 9.64 Å². The molecule has 2 saturated carbocycles. The fourth-order valence-corrected chi connectivity index (χ4v) is 7.16. The van der Waals surface area contributed by atoms with E-state index in [1.807, 2.05) is 17.2 Å². The van der Waals surface area contributed by atoms with Gasteiger partial charge in [0.15, 0.2) is 0 Å². The van der Waals surface area contributed by atoms with Crippen molar-refractivity contribution in [2.24, 2.45) is 0 Å². The number of piperidine rings is 1. The molecule has 7 nitrogen and oxygen atoms in total. The molecule has 0 unspecified atom stereocenters. The molecule has 0 aromatic carbocycles. The maximum atomic E-state index is 12.9. The second-order valence-electron chi connectivity index (χ2n) is 8.81. The fourth-order valence-electron chi connectivity index (χ4n) is 4.72. The van der Waals surface area contributed by atoms with Gasteiger partial charge in [0.1, 0.15) is 0 Å². The summed E-state index contributed by atoms with van der Waals surface area (Å²) >= 11 is 1.51. The summed E-state index contributed by atoms with van der Waals surface area (Å²) in [5, 5.41) is 2.76. The number of carbonyl (C=O) groups excluding carboxylic acids is 1. The number of hydrogen-bond donors (Lipinski definition) is 0. The van der Waals surface area contributed by atoms with E-state index in [1.54, 1.807) is 4.31 Å². The van der Waals surface area contributed by atoms with Crippen LogP contribution in [0.5, 0.6) is 5.88 Å². The Morgan fingerprint density at radius 3 is 2.43 bits per heavy atom. The first kappa shape index (κ1) is 22.0. The molecule has 30 heavy (non-hydrogen) atoms. The third-order valence-corrected chi connectivity index (χ3v) is 9.53. The first-order valence-electron chi connectivity index (χ1n) is 11.4. The standard InChI is InChI=1S/C21H33N3O4S2/c1-2-14-30(26,27)23-12-10-16(11-13-23)20-22-19(15-29-20)28-21(25)24(18-8-9-18)17-6-4-3-5-7-17/h15-18H,2-14H2,1H3. The highest BCUT2D eigenvalue weighted by Gasteiger charge is 2.39. The molecule has 0 spiro atoms. The molecule has 0 bridgehead atoms. The van der Waals surface area contributed by atoms with Gasteiger partial charge in [-0.2, -0.15) is 0 Å². The number of hydrogen-bond acceptors (Lipinski definition) is 6. The second kappa shape index (κ2) is 9.53. The zero-order valence-electron chi connectivity index (χ0n) is 17.8. The van der Waals surface area contributed by atoms with Gasteiger partial charge in [-0.25, -0.2) is 22.5 Å². The maximum absolute atomic E-state index is 12.9. The van der Waals surface area contributed by atoms with Crippen LogP contribution >= 0.6 is 11.3 Å². The molecule has 4 rings (SSSR count). The number of aromatic nitrogens is 1. The van der Waals surface area contributed by atoms with E-state index >= 15 is 0 Å². The first-order valence-corrected chi connectivity index (χ1v) is 13.9. The van der Waals surface area contributed by atoms with E-state index in [0.29, 0.717) is 37.5 Å². The van der Waals surface area contributed by atoms with Crippen LogP contribution < -0.4 is 4.74 Å². The van der Waals surface area contributed by atoms with E-state index in [-0.39, 0.29) is 17.8 Å². The number of nitrogens with zero attached hydrogens (tertiary/aromatic N) is 3. The van der Waals surface area contributed by atoms with E-state index < -0.39 is 10.0 Å². The van der Waals surface area contributed by atoms with Gasteiger partial charge in [0.2, 0.25) is 15.9 Å². The second-order valence-corrected chi connectivity index (χ2v) is 11.8. The highest BCUT2D eigenvalue weighted by molar-refractivity contribution is 7.89. The Morgan fingerprint density at radius 2 is 1.80 bits per heavy atom. The largest absolute Gasteiger partial charge is 0.417 e. The van der Waals surface area contributed by atoms with Crippen LogP contribution in [0.1, 0.15) is 82.1 Å². The van der Waals surface area contributed by atoms with Crippen molar-refractivity contribution >= 4 is 27.5 Å². The van der Waals surface area contributed by atoms with E-state index in [0.717, 1.165) is 43.5 Å². The monoisotopic (exact) mass is 455 g/mol. The Labute approximate surface area is 183 Å². The van der Waals surface area contributed by atoms with E-state index in [4.69, 9.17) is 4.74 Å². The fraction of sp³-hybridized carbons (Fsp3) is 0.810. The van der Waals surface area contributed by atoms with Crippen LogP contribution in [-0.2, 0) is 10.0 Å². The summed E-state index contributed by atoms with van der Waals surface area (Å²) < 4.78 is 31.8. The normalized spacial score (nSPS) is 22.2. The van der Waals surface area contributed by atoms with E-state index in [1.165, 1.54) is 30.6 Å². The summed E-state index contributed by atoms with van der Waals surface area (Å²) in [5.74, 6) is 0.837. The average molecular weight is 456 g/mol. The molecule has 3 fully saturated rings. The molecule has 2 heterocycles. The lowest BCUT2D eigenvalue weighted by molar-refractivity contribution is 0.111. The van der Waals surface area contributed by atoms with Crippen LogP contribution in [0.2, 0.25) is 0 Å². The number of carbonyl (C=O) groups is 1. The number of rotatable bonds is 7. The van der Waals surface area contributed by atoms with Crippen molar-refractivity contribution in [3.05, 3.63) is 10.4 Å². The molecule has 9 heteroatoms. The van der Waals surface area contributed by atoms with Crippen LogP contribution in [-0.4, -0.2) is 59.6 Å². The topological polar surface area (TPSA) is 79.8 Å². The SMILES string of the molecule is CCCS(=O)(=O)N1CCC(c2nc(OC(=O)N(C3CCCCC3)C3CC3)cs2)CC1. The van der Waals surface area contributed by atoms with Gasteiger partial charge in [0.05, 0.1) is 16.1 Å². The lowest BCUT2D eigenvalue weighted by atomic mass is 9.94. The molecule has 1 aromatic rings. The zero-order chi connectivity index (χ0) is 21.1. The van der Waals surface area contributed by atoms with Gasteiger partial charge in [-0.3, -0.25) is 0 Å². The predicted octanol–water partition coefficient (Wildman–Crippen LogP) is 4.36. The minimum absolute atomic E-state index is 0.216. The van der Waals surface area contributed by atoms with Gasteiger partial charge in [0, 0.05) is 31.1 Å². The van der Waals surface area contributed by atoms with E-state index in [9.17, 15) is 13.2 Å². The van der Waals surface area contributed by atoms with Crippen molar-refractivity contribution in [1.29, 1.82) is 0 Å². The van der Waals surface area contributed by atoms with Crippen molar-refractivity contribution in [1.82, 2.24) is 14.2 Å². The Bertz CT molecular complexity index is 823. The molecule has 168 valence electrons. The number of amides is 1. The highest BCUT2D eigenvalue weighted by atomic mass is 32.2. The molecule has 3 aliphatic rings. The quantitative estimate of drug-likeness (QED) is 0.610. The maximum Gasteiger partial charge on any atom is 0.417 e. The van der Waals surface area contributed by atoms with Crippen molar-refractivity contribution in [2.45, 2.75) is 89.1 Å². The van der Waals surface area contributed by atoms with Crippen LogP contribution in [0.4, 0.5) is 4.79 Å². The Balaban J connectivity index is 1.33. The van der Waals surface area contributed by atoms with Gasteiger partial charge in [-0.05, 0) is 44.9 Å². The smallest absolute Gasteiger partial charge is 0.390 e. The molecule has 1 amide bonds. The van der Waals surface area contributed by atoms with Crippen LogP contribution in [0.25, 0.3) is 0 Å². The summed E-state index contributed by atoms with van der Waals surface area (Å²) in [5.41, 5.74) is 0. The van der Waals surface area contributed by atoms with Crippen LogP contribution in [0.3, 0.4) is 0 Å². The summed E-state index contributed by atoms with van der Waals surface area (Å²) in [4.78, 5) is 19.5. The summed E-state index contributed by atoms with van der Waals surface area (Å²) in [6.07, 6.45) is 9.87. The summed E-state index contributed by atoms with van der Waals surface area (Å²) in [7, 11) is -3.13. The minimum atomic E-state index is -3.13. The molecule has 1 saturated heterocycles. The van der Waals surface area contributed by atoms with Gasteiger partial charge in [-0.15, -0.1) is 11.3 Å². The third kappa shape index (κ3) is 5.16. The molecule has 1 aliphatic heterocycles. The Kier molecular flexibility index (Phi) is 6.99. The molecule has 1 aromatic heterocycles. The van der Waals surface area contributed by atoms with Crippen molar-refractivity contribution in [3.8, 4) is 5.88 Å². The average Bonchev–Trinajstić information content (AvgIpc) is 3.46. The lowest BCUT2D eigenvalue weighted by Crippen LogP contribution is -2.44. The number of sulfonamides is 1. The minimum Gasteiger partial charge on any atom is -0.390 e. The molecule has 0 atom stereocenters. The van der Waals surface area contributed by atoms with E-state index in [2.05, 4.69) is 4.98 Å². The highest BCUT2D eigenvalue weighted by Crippen LogP contribution is 2.36. The van der Waals surface area contributed by atoms with Gasteiger partial charge in [-0.1, -0.05) is 26.2 Å². The van der Waals surface area contributed by atoms with Crippen molar-refractivity contribution in [3.63, 3.8) is 0 Å². The van der Waals surface area contributed by atoms with Gasteiger partial charge in [0.25, 0.3) is 0 Å². The predicted molar refractivity (Wildman–Crippen MR) is 117 cm³/mol. The first-order chi connectivity index (χ1) is 14.5. The molecule has 2 aliphatic carbocycles. The molecular weight excluding hydrogens is 422 g/mol. The number of ether oxygens (including phenoxy) is 1. The summed E-state index contributed by atoms with van der Waals surface area (Å²) in [6.45, 7) is 2.97. The van der Waals surface area contributed by atoms with Crippen molar-refractivity contribution in [2.75, 3.05) is 18.8 Å².